The minimum absolute atomic E-state index is 0.0642. The lowest BCUT2D eigenvalue weighted by Gasteiger charge is -2.08. The van der Waals surface area contributed by atoms with Gasteiger partial charge in [-0.15, -0.1) is 0 Å². The van der Waals surface area contributed by atoms with Crippen molar-refractivity contribution < 1.29 is 9.18 Å². The Bertz CT molecular complexity index is 799. The highest BCUT2D eigenvalue weighted by Gasteiger charge is 2.12. The summed E-state index contributed by atoms with van der Waals surface area (Å²) in [4.78, 5) is 19.7. The van der Waals surface area contributed by atoms with E-state index in [0.717, 1.165) is 16.5 Å². The number of halogens is 1. The molecule has 1 aromatic carbocycles. The molecule has 0 saturated carbocycles. The van der Waals surface area contributed by atoms with Gasteiger partial charge < -0.3 is 5.32 Å². The first kappa shape index (κ1) is 13.2. The fourth-order valence-corrected chi connectivity index (χ4v) is 2.14. The van der Waals surface area contributed by atoms with Crippen LogP contribution in [0.25, 0.3) is 10.9 Å². The predicted molar refractivity (Wildman–Crippen MR) is 77.1 cm³/mol. The van der Waals surface area contributed by atoms with Gasteiger partial charge in [0.05, 0.1) is 11.1 Å². The van der Waals surface area contributed by atoms with Crippen molar-refractivity contribution in [2.45, 2.75) is 6.54 Å². The van der Waals surface area contributed by atoms with Gasteiger partial charge in [-0.05, 0) is 23.8 Å². The van der Waals surface area contributed by atoms with Crippen LogP contribution in [0.4, 0.5) is 4.39 Å². The van der Waals surface area contributed by atoms with Crippen LogP contribution in [0.1, 0.15) is 15.9 Å². The third-order valence-electron chi connectivity index (χ3n) is 3.16. The highest BCUT2D eigenvalue weighted by molar-refractivity contribution is 5.94. The highest BCUT2D eigenvalue weighted by Crippen LogP contribution is 2.15. The van der Waals surface area contributed by atoms with Gasteiger partial charge in [0.25, 0.3) is 5.91 Å². The summed E-state index contributed by atoms with van der Waals surface area (Å²) in [5.41, 5.74) is 1.64. The molecular weight excluding hydrogens is 269 g/mol. The largest absolute Gasteiger partial charge is 0.348 e. The molecule has 0 aliphatic carbocycles. The number of para-hydroxylation sites is 1. The summed E-state index contributed by atoms with van der Waals surface area (Å²) in [5.74, 6) is -1.26. The number of fused-ring (bicyclic) bond motifs is 1. The third kappa shape index (κ3) is 2.72. The number of nitrogens with zero attached hydrogens (tertiary/aromatic N) is 2. The molecule has 0 spiro atoms. The molecule has 0 aliphatic rings. The minimum Gasteiger partial charge on any atom is -0.348 e. The smallest absolute Gasteiger partial charge is 0.256 e. The molecular formula is C16H12FN3O. The zero-order valence-electron chi connectivity index (χ0n) is 11.1. The maximum absolute atomic E-state index is 13.4. The van der Waals surface area contributed by atoms with Crippen LogP contribution in [-0.4, -0.2) is 15.9 Å². The Labute approximate surface area is 120 Å². The summed E-state index contributed by atoms with van der Waals surface area (Å²) in [5, 5.41) is 3.69. The van der Waals surface area contributed by atoms with Gasteiger partial charge in [-0.1, -0.05) is 24.3 Å². The van der Waals surface area contributed by atoms with Gasteiger partial charge in [0, 0.05) is 24.3 Å². The maximum Gasteiger partial charge on any atom is 0.256 e. The molecule has 2 heterocycles. The summed E-state index contributed by atoms with van der Waals surface area (Å²) >= 11 is 0. The lowest BCUT2D eigenvalue weighted by Crippen LogP contribution is -2.24. The molecule has 1 amide bonds. The van der Waals surface area contributed by atoms with E-state index in [0.29, 0.717) is 0 Å². The zero-order valence-corrected chi connectivity index (χ0v) is 11.1. The van der Waals surface area contributed by atoms with E-state index in [1.165, 1.54) is 18.3 Å². The second-order valence-electron chi connectivity index (χ2n) is 4.52. The Morgan fingerprint density at radius 2 is 1.81 bits per heavy atom. The Hall–Kier alpha value is -2.82. The van der Waals surface area contributed by atoms with E-state index in [9.17, 15) is 9.18 Å². The topological polar surface area (TPSA) is 54.9 Å². The van der Waals surface area contributed by atoms with Crippen molar-refractivity contribution in [3.63, 3.8) is 0 Å². The van der Waals surface area contributed by atoms with Gasteiger partial charge in [-0.3, -0.25) is 9.78 Å². The van der Waals surface area contributed by atoms with Crippen LogP contribution in [0.5, 0.6) is 0 Å². The molecule has 0 radical (unpaired) electrons. The van der Waals surface area contributed by atoms with Crippen molar-refractivity contribution in [1.82, 2.24) is 15.3 Å². The molecule has 4 nitrogen and oxygen atoms in total. The van der Waals surface area contributed by atoms with Crippen molar-refractivity contribution >= 4 is 16.8 Å². The van der Waals surface area contributed by atoms with Gasteiger partial charge >= 0.3 is 0 Å². The van der Waals surface area contributed by atoms with E-state index < -0.39 is 11.9 Å². The van der Waals surface area contributed by atoms with Crippen molar-refractivity contribution in [2.24, 2.45) is 0 Å². The van der Waals surface area contributed by atoms with E-state index in [4.69, 9.17) is 0 Å². The summed E-state index contributed by atoms with van der Waals surface area (Å²) < 4.78 is 13.4. The van der Waals surface area contributed by atoms with Crippen LogP contribution in [0.2, 0.25) is 0 Å². The summed E-state index contributed by atoms with van der Waals surface area (Å²) in [6, 6.07) is 12.5. The quantitative estimate of drug-likeness (QED) is 0.751. The second kappa shape index (κ2) is 5.66. The monoisotopic (exact) mass is 281 g/mol. The van der Waals surface area contributed by atoms with Crippen molar-refractivity contribution in [3.05, 3.63) is 71.9 Å². The number of carbonyl (C=O) groups is 1. The van der Waals surface area contributed by atoms with Gasteiger partial charge in [0.15, 0.2) is 0 Å². The Kier molecular flexibility index (Phi) is 3.55. The third-order valence-corrected chi connectivity index (χ3v) is 3.16. The fourth-order valence-electron chi connectivity index (χ4n) is 2.14. The van der Waals surface area contributed by atoms with E-state index in [1.54, 1.807) is 6.20 Å². The molecule has 21 heavy (non-hydrogen) atoms. The molecule has 0 fully saturated rings. The van der Waals surface area contributed by atoms with Crippen LogP contribution < -0.4 is 5.32 Å². The first-order valence-corrected chi connectivity index (χ1v) is 6.47. The first-order chi connectivity index (χ1) is 10.3. The molecule has 0 atom stereocenters. The van der Waals surface area contributed by atoms with Crippen molar-refractivity contribution in [1.29, 1.82) is 0 Å². The molecule has 0 saturated heterocycles. The average Bonchev–Trinajstić information content (AvgIpc) is 2.53. The SMILES string of the molecule is O=C(NCc1cccc2cccnc12)c1cccnc1F. The summed E-state index contributed by atoms with van der Waals surface area (Å²) in [6.07, 6.45) is 3.01. The molecule has 0 aliphatic heterocycles. The van der Waals surface area contributed by atoms with Gasteiger partial charge in [-0.2, -0.15) is 4.39 Å². The molecule has 0 unspecified atom stereocenters. The molecule has 3 rings (SSSR count). The van der Waals surface area contributed by atoms with Gasteiger partial charge in [0.2, 0.25) is 5.95 Å². The number of benzene rings is 1. The molecule has 1 N–H and O–H groups in total. The fraction of sp³-hybridized carbons (Fsp3) is 0.0625. The van der Waals surface area contributed by atoms with Crippen LogP contribution >= 0.6 is 0 Å². The first-order valence-electron chi connectivity index (χ1n) is 6.47. The predicted octanol–water partition coefficient (Wildman–Crippen LogP) is 2.70. The zero-order chi connectivity index (χ0) is 14.7. The molecule has 3 aromatic rings. The number of carbonyl (C=O) groups excluding carboxylic acids is 1. The number of amides is 1. The molecule has 2 aromatic heterocycles. The number of pyridine rings is 2. The second-order valence-corrected chi connectivity index (χ2v) is 4.52. The Balaban J connectivity index is 1.81. The van der Waals surface area contributed by atoms with E-state index >= 15 is 0 Å². The normalized spacial score (nSPS) is 10.5. The van der Waals surface area contributed by atoms with E-state index in [2.05, 4.69) is 15.3 Å². The average molecular weight is 281 g/mol. The molecule has 5 heteroatoms. The van der Waals surface area contributed by atoms with E-state index in [-0.39, 0.29) is 12.1 Å². The molecule has 104 valence electrons. The highest BCUT2D eigenvalue weighted by atomic mass is 19.1. The van der Waals surface area contributed by atoms with Crippen LogP contribution in [0, 0.1) is 5.95 Å². The maximum atomic E-state index is 13.4. The molecule has 0 bridgehead atoms. The van der Waals surface area contributed by atoms with Gasteiger partial charge in [0.1, 0.15) is 0 Å². The number of hydrogen-bond acceptors (Lipinski definition) is 3. The van der Waals surface area contributed by atoms with Gasteiger partial charge in [-0.25, -0.2) is 4.98 Å². The number of rotatable bonds is 3. The Morgan fingerprint density at radius 3 is 2.67 bits per heavy atom. The van der Waals surface area contributed by atoms with Crippen molar-refractivity contribution in [3.8, 4) is 0 Å². The van der Waals surface area contributed by atoms with E-state index in [1.807, 2.05) is 30.3 Å². The Morgan fingerprint density at radius 1 is 1.05 bits per heavy atom. The van der Waals surface area contributed by atoms with Crippen LogP contribution in [-0.2, 0) is 6.54 Å². The lowest BCUT2D eigenvalue weighted by atomic mass is 10.1. The number of aromatic nitrogens is 2. The summed E-state index contributed by atoms with van der Waals surface area (Å²) in [6.45, 7) is 0.279. The standard InChI is InChI=1S/C16H12FN3O/c17-15-13(7-3-9-19-15)16(21)20-10-12-5-1-4-11-6-2-8-18-14(11)12/h1-9H,10H2,(H,20,21). The summed E-state index contributed by atoms with van der Waals surface area (Å²) in [7, 11) is 0. The number of hydrogen-bond donors (Lipinski definition) is 1. The van der Waals surface area contributed by atoms with Crippen molar-refractivity contribution in [2.75, 3.05) is 0 Å². The van der Waals surface area contributed by atoms with Crippen LogP contribution in [0.3, 0.4) is 0 Å². The van der Waals surface area contributed by atoms with Crippen LogP contribution in [0.15, 0.2) is 54.9 Å². The lowest BCUT2D eigenvalue weighted by molar-refractivity contribution is 0.0946. The minimum atomic E-state index is -0.772. The number of nitrogens with one attached hydrogen (secondary N) is 1.